The van der Waals surface area contributed by atoms with Crippen LogP contribution in [0.25, 0.3) is 5.78 Å². The number of fused-ring (bicyclic) bond motifs is 1. The molecule has 132 valence electrons. The smallest absolute Gasteiger partial charge is 0.253 e. The molecule has 0 saturated carbocycles. The molecule has 2 aromatic rings. The summed E-state index contributed by atoms with van der Waals surface area (Å²) in [6, 6.07) is 0.204. The van der Waals surface area contributed by atoms with E-state index in [1.54, 1.807) is 4.52 Å². The van der Waals surface area contributed by atoms with Crippen LogP contribution >= 0.6 is 11.8 Å². The van der Waals surface area contributed by atoms with Gasteiger partial charge in [-0.25, -0.2) is 9.50 Å². The van der Waals surface area contributed by atoms with E-state index in [1.165, 1.54) is 24.6 Å². The van der Waals surface area contributed by atoms with Crippen molar-refractivity contribution in [1.82, 2.24) is 24.9 Å². The maximum atomic E-state index is 12.4. The normalized spacial score (nSPS) is 12.5. The number of rotatable bonds is 8. The van der Waals surface area contributed by atoms with Crippen LogP contribution in [0.3, 0.4) is 0 Å². The molecule has 2 heterocycles. The fourth-order valence-electron chi connectivity index (χ4n) is 2.79. The van der Waals surface area contributed by atoms with Gasteiger partial charge in [0.05, 0.1) is 6.42 Å². The van der Waals surface area contributed by atoms with E-state index < -0.39 is 0 Å². The van der Waals surface area contributed by atoms with Gasteiger partial charge in [0, 0.05) is 23.0 Å². The summed E-state index contributed by atoms with van der Waals surface area (Å²) in [5, 5.41) is 8.21. The van der Waals surface area contributed by atoms with Gasteiger partial charge in [0.15, 0.2) is 0 Å². The molecule has 2 rings (SSSR count). The molecule has 1 amide bonds. The van der Waals surface area contributed by atoms with Crippen LogP contribution in [0.1, 0.15) is 56.5 Å². The fraction of sp³-hybridized carbons (Fsp3) is 0.647. The third-order valence-electron chi connectivity index (χ3n) is 4.20. The zero-order valence-corrected chi connectivity index (χ0v) is 16.0. The average molecular weight is 350 g/mol. The van der Waals surface area contributed by atoms with Crippen LogP contribution in [0, 0.1) is 13.8 Å². The molecular formula is C17H27N5OS. The van der Waals surface area contributed by atoms with Gasteiger partial charge in [-0.15, -0.1) is 5.10 Å². The molecule has 24 heavy (non-hydrogen) atoms. The van der Waals surface area contributed by atoms with Crippen molar-refractivity contribution in [3.63, 3.8) is 0 Å². The zero-order valence-electron chi connectivity index (χ0n) is 15.2. The summed E-state index contributed by atoms with van der Waals surface area (Å²) in [5.41, 5.74) is 2.70. The van der Waals surface area contributed by atoms with Crippen molar-refractivity contribution in [3.8, 4) is 0 Å². The highest BCUT2D eigenvalue weighted by Gasteiger charge is 2.16. The van der Waals surface area contributed by atoms with Crippen LogP contribution in [-0.4, -0.2) is 37.8 Å². The van der Waals surface area contributed by atoms with Crippen LogP contribution in [-0.2, 0) is 11.2 Å². The van der Waals surface area contributed by atoms with Gasteiger partial charge < -0.3 is 5.32 Å². The van der Waals surface area contributed by atoms with E-state index in [0.29, 0.717) is 17.4 Å². The number of hydrogen-bond acceptors (Lipinski definition) is 5. The highest BCUT2D eigenvalue weighted by atomic mass is 32.2. The first-order valence-electron chi connectivity index (χ1n) is 8.52. The summed E-state index contributed by atoms with van der Waals surface area (Å²) in [6.07, 6.45) is 6.84. The second kappa shape index (κ2) is 8.46. The third kappa shape index (κ3) is 4.47. The summed E-state index contributed by atoms with van der Waals surface area (Å²) >= 11 is 1.48. The molecule has 0 fully saturated rings. The third-order valence-corrected chi connectivity index (χ3v) is 4.74. The second-order valence-corrected chi connectivity index (χ2v) is 6.99. The van der Waals surface area contributed by atoms with Crippen molar-refractivity contribution in [2.45, 2.75) is 71.0 Å². The first kappa shape index (κ1) is 18.7. The van der Waals surface area contributed by atoms with Gasteiger partial charge >= 0.3 is 0 Å². The van der Waals surface area contributed by atoms with Gasteiger partial charge in [-0.05, 0) is 33.4 Å². The number of nitrogens with zero attached hydrogens (tertiary/aromatic N) is 4. The Morgan fingerprint density at radius 1 is 1.29 bits per heavy atom. The van der Waals surface area contributed by atoms with E-state index in [9.17, 15) is 4.79 Å². The molecule has 0 bridgehead atoms. The van der Waals surface area contributed by atoms with Gasteiger partial charge in [-0.3, -0.25) is 4.79 Å². The maximum absolute atomic E-state index is 12.4. The summed E-state index contributed by atoms with van der Waals surface area (Å²) in [6.45, 7) is 8.14. The summed E-state index contributed by atoms with van der Waals surface area (Å²) in [7, 11) is 0. The number of thioether (sulfide) groups is 1. The molecule has 1 unspecified atom stereocenters. The Balaban J connectivity index is 2.10. The lowest BCUT2D eigenvalue weighted by Crippen LogP contribution is -2.34. The first-order valence-corrected chi connectivity index (χ1v) is 9.74. The van der Waals surface area contributed by atoms with Crippen molar-refractivity contribution in [2.75, 3.05) is 6.26 Å². The first-order chi connectivity index (χ1) is 11.5. The van der Waals surface area contributed by atoms with Crippen molar-refractivity contribution in [3.05, 3.63) is 17.0 Å². The number of unbranched alkanes of at least 4 members (excludes halogenated alkanes) is 2. The second-order valence-electron chi connectivity index (χ2n) is 6.21. The topological polar surface area (TPSA) is 72.2 Å². The Kier molecular flexibility index (Phi) is 6.60. The van der Waals surface area contributed by atoms with Crippen LogP contribution in [0.15, 0.2) is 5.16 Å². The number of amides is 1. The number of nitrogens with one attached hydrogen (secondary N) is 1. The van der Waals surface area contributed by atoms with Crippen molar-refractivity contribution >= 4 is 23.4 Å². The van der Waals surface area contributed by atoms with Crippen molar-refractivity contribution < 1.29 is 4.79 Å². The van der Waals surface area contributed by atoms with E-state index in [4.69, 9.17) is 0 Å². The SMILES string of the molecule is CCCCCC(C)NC(=O)Cc1c(C)nc2nc(SC)nn2c1C. The molecule has 0 aliphatic rings. The maximum Gasteiger partial charge on any atom is 0.253 e. The van der Waals surface area contributed by atoms with Crippen molar-refractivity contribution in [1.29, 1.82) is 0 Å². The lowest BCUT2D eigenvalue weighted by molar-refractivity contribution is -0.121. The lowest BCUT2D eigenvalue weighted by atomic mass is 10.1. The number of carbonyl (C=O) groups is 1. The highest BCUT2D eigenvalue weighted by molar-refractivity contribution is 7.98. The van der Waals surface area contributed by atoms with Crippen molar-refractivity contribution in [2.24, 2.45) is 0 Å². The largest absolute Gasteiger partial charge is 0.353 e. The van der Waals surface area contributed by atoms with E-state index in [2.05, 4.69) is 34.2 Å². The quantitative estimate of drug-likeness (QED) is 0.586. The molecule has 0 aliphatic carbocycles. The zero-order chi connectivity index (χ0) is 17.7. The van der Waals surface area contributed by atoms with Gasteiger partial charge in [0.2, 0.25) is 11.1 Å². The molecule has 1 atom stereocenters. The molecule has 0 saturated heterocycles. The number of aromatic nitrogens is 4. The molecule has 0 spiro atoms. The molecule has 0 radical (unpaired) electrons. The van der Waals surface area contributed by atoms with Crippen LogP contribution in [0.2, 0.25) is 0 Å². The molecule has 2 aromatic heterocycles. The minimum absolute atomic E-state index is 0.0385. The summed E-state index contributed by atoms with van der Waals surface area (Å²) < 4.78 is 1.73. The van der Waals surface area contributed by atoms with Gasteiger partial charge in [0.25, 0.3) is 5.78 Å². The average Bonchev–Trinajstić information content (AvgIpc) is 2.95. The molecule has 0 aromatic carbocycles. The summed E-state index contributed by atoms with van der Waals surface area (Å²) in [5.74, 6) is 0.628. The Labute approximate surface area is 147 Å². The standard InChI is InChI=1S/C17H27N5OS/c1-6-7-8-9-11(2)18-15(23)10-14-12(3)19-16-20-17(24-5)21-22(16)13(14)4/h11H,6-10H2,1-5H3,(H,18,23). The monoisotopic (exact) mass is 349 g/mol. The van der Waals surface area contributed by atoms with E-state index in [1.807, 2.05) is 20.1 Å². The molecule has 7 heteroatoms. The Hall–Kier alpha value is -1.63. The minimum atomic E-state index is 0.0385. The highest BCUT2D eigenvalue weighted by Crippen LogP contribution is 2.17. The molecule has 1 N–H and O–H groups in total. The predicted octanol–water partition coefficient (Wildman–Crippen LogP) is 3.09. The van der Waals surface area contributed by atoms with E-state index >= 15 is 0 Å². The van der Waals surface area contributed by atoms with Gasteiger partial charge in [0.1, 0.15) is 0 Å². The lowest BCUT2D eigenvalue weighted by Gasteiger charge is -2.15. The Morgan fingerprint density at radius 2 is 2.04 bits per heavy atom. The van der Waals surface area contributed by atoms with E-state index in [-0.39, 0.29) is 11.9 Å². The fourth-order valence-corrected chi connectivity index (χ4v) is 3.13. The van der Waals surface area contributed by atoms with Gasteiger partial charge in [-0.2, -0.15) is 4.98 Å². The number of aryl methyl sites for hydroxylation is 2. The van der Waals surface area contributed by atoms with Crippen LogP contribution in [0.5, 0.6) is 0 Å². The van der Waals surface area contributed by atoms with E-state index in [0.717, 1.165) is 29.8 Å². The minimum Gasteiger partial charge on any atom is -0.353 e. The summed E-state index contributed by atoms with van der Waals surface area (Å²) in [4.78, 5) is 21.2. The Morgan fingerprint density at radius 3 is 2.71 bits per heavy atom. The van der Waals surface area contributed by atoms with Crippen LogP contribution in [0.4, 0.5) is 0 Å². The van der Waals surface area contributed by atoms with Gasteiger partial charge in [-0.1, -0.05) is 37.9 Å². The van der Waals surface area contributed by atoms with Crippen LogP contribution < -0.4 is 5.32 Å². The molecule has 0 aliphatic heterocycles. The Bertz CT molecular complexity index is 713. The number of hydrogen-bond donors (Lipinski definition) is 1. The molecule has 6 nitrogen and oxygen atoms in total. The molecular weight excluding hydrogens is 322 g/mol. The number of carbonyl (C=O) groups excluding carboxylic acids is 1. The predicted molar refractivity (Wildman–Crippen MR) is 97.5 cm³/mol.